The van der Waals surface area contributed by atoms with Gasteiger partial charge in [0.25, 0.3) is 0 Å². The number of hydrogen-bond donors (Lipinski definition) is 0. The molecule has 4 aromatic carbocycles. The summed E-state index contributed by atoms with van der Waals surface area (Å²) >= 11 is 3.88. The van der Waals surface area contributed by atoms with Crippen molar-refractivity contribution in [1.82, 2.24) is 0 Å². The summed E-state index contributed by atoms with van der Waals surface area (Å²) in [7, 11) is 0. The standard InChI is InChI=1S/C27H18N2S2/c1-2-11-21(12-3-1)28-18-20-10-8-14-23-22-13-5-6-15-24(22)29-17-19-9-4-7-16-25(19)30-27(28,29)31-26(20)23/h1-18H/q+2. The van der Waals surface area contributed by atoms with Crippen LogP contribution in [0.25, 0.3) is 11.1 Å². The number of rotatable bonds is 1. The van der Waals surface area contributed by atoms with Gasteiger partial charge in [-0.3, -0.25) is 0 Å². The number of fused-ring (bicyclic) bond motifs is 4. The predicted octanol–water partition coefficient (Wildman–Crippen LogP) is 6.72. The van der Waals surface area contributed by atoms with E-state index in [0.717, 1.165) is 0 Å². The van der Waals surface area contributed by atoms with E-state index in [1.165, 1.54) is 43.4 Å². The molecule has 4 heteroatoms. The number of nitrogens with zero attached hydrogens (tertiary/aromatic N) is 2. The second kappa shape index (κ2) is 6.46. The fourth-order valence-corrected chi connectivity index (χ4v) is 7.84. The van der Waals surface area contributed by atoms with Crippen molar-refractivity contribution >= 4 is 47.3 Å². The second-order valence-corrected chi connectivity index (χ2v) is 10.5. The molecule has 0 radical (unpaired) electrons. The third-order valence-corrected chi connectivity index (χ3v) is 9.15. The third-order valence-electron chi connectivity index (χ3n) is 6.08. The SMILES string of the molecule is C1=[N+](c2ccccc2)C23Sc4ccccc4C=[N+]2c2ccccc2-c2cccc1c2S3. The van der Waals surface area contributed by atoms with Gasteiger partial charge < -0.3 is 0 Å². The quantitative estimate of drug-likeness (QED) is 0.307. The van der Waals surface area contributed by atoms with Gasteiger partial charge in [0.15, 0.2) is 12.4 Å². The van der Waals surface area contributed by atoms with Crippen LogP contribution in [0.2, 0.25) is 0 Å². The summed E-state index contributed by atoms with van der Waals surface area (Å²) in [5, 5.41) is 0. The van der Waals surface area contributed by atoms with Gasteiger partial charge in [-0.25, -0.2) is 0 Å². The normalized spacial score (nSPS) is 19.9. The molecule has 0 aromatic heterocycles. The average molecular weight is 435 g/mol. The van der Waals surface area contributed by atoms with Crippen molar-refractivity contribution in [2.45, 2.75) is 14.1 Å². The maximum absolute atomic E-state index is 2.48. The Bertz CT molecular complexity index is 1440. The molecular formula is C27H18N2S2+2. The van der Waals surface area contributed by atoms with Crippen LogP contribution in [0.4, 0.5) is 11.4 Å². The van der Waals surface area contributed by atoms with Crippen molar-refractivity contribution in [3.8, 4) is 11.1 Å². The Balaban J connectivity index is 1.64. The molecule has 4 aromatic rings. The van der Waals surface area contributed by atoms with Crippen LogP contribution in [0, 0.1) is 0 Å². The van der Waals surface area contributed by atoms with E-state index >= 15 is 0 Å². The van der Waals surface area contributed by atoms with E-state index in [-0.39, 0.29) is 4.33 Å². The van der Waals surface area contributed by atoms with Crippen LogP contribution in [-0.2, 0) is 0 Å². The summed E-state index contributed by atoms with van der Waals surface area (Å²) in [5.41, 5.74) is 7.56. The second-order valence-electron chi connectivity index (χ2n) is 7.87. The molecule has 0 amide bonds. The number of benzene rings is 4. The van der Waals surface area contributed by atoms with Gasteiger partial charge in [0.1, 0.15) is 0 Å². The van der Waals surface area contributed by atoms with Crippen LogP contribution < -0.4 is 0 Å². The average Bonchev–Trinajstić information content (AvgIpc) is 2.94. The van der Waals surface area contributed by atoms with E-state index in [0.29, 0.717) is 0 Å². The van der Waals surface area contributed by atoms with Crippen LogP contribution in [0.5, 0.6) is 0 Å². The lowest BCUT2D eigenvalue weighted by molar-refractivity contribution is -0.689. The van der Waals surface area contributed by atoms with Gasteiger partial charge in [0, 0.05) is 57.1 Å². The first-order valence-electron chi connectivity index (χ1n) is 10.4. The van der Waals surface area contributed by atoms with Crippen molar-refractivity contribution in [2.75, 3.05) is 0 Å². The van der Waals surface area contributed by atoms with Crippen molar-refractivity contribution in [3.05, 3.63) is 108 Å². The number of para-hydroxylation sites is 2. The Morgan fingerprint density at radius 3 is 2.19 bits per heavy atom. The topological polar surface area (TPSA) is 6.02 Å². The summed E-state index contributed by atoms with van der Waals surface area (Å²) < 4.78 is 4.54. The van der Waals surface area contributed by atoms with Crippen molar-refractivity contribution in [2.24, 2.45) is 0 Å². The zero-order valence-corrected chi connectivity index (χ0v) is 18.2. The smallest absolute Gasteiger partial charge is 0.114 e. The monoisotopic (exact) mass is 434 g/mol. The molecule has 0 N–H and O–H groups in total. The molecule has 2 nitrogen and oxygen atoms in total. The minimum absolute atomic E-state index is 0.384. The molecule has 7 rings (SSSR count). The molecule has 1 unspecified atom stereocenters. The maximum atomic E-state index is 2.48. The van der Waals surface area contributed by atoms with Crippen LogP contribution in [0.1, 0.15) is 11.1 Å². The highest BCUT2D eigenvalue weighted by atomic mass is 32.2. The minimum atomic E-state index is -0.384. The largest absolute Gasteiger partial charge is 0.470 e. The summed E-state index contributed by atoms with van der Waals surface area (Å²) in [5.74, 6) is 0. The Kier molecular flexibility index (Phi) is 3.66. The lowest BCUT2D eigenvalue weighted by atomic mass is 10.0. The zero-order valence-electron chi connectivity index (χ0n) is 16.6. The van der Waals surface area contributed by atoms with Crippen LogP contribution >= 0.6 is 23.5 Å². The molecule has 3 heterocycles. The molecule has 146 valence electrons. The van der Waals surface area contributed by atoms with E-state index in [4.69, 9.17) is 0 Å². The number of thioether (sulfide) groups is 2. The molecule has 0 saturated heterocycles. The van der Waals surface area contributed by atoms with Crippen molar-refractivity contribution < 1.29 is 9.15 Å². The Labute approximate surface area is 189 Å². The highest BCUT2D eigenvalue weighted by Crippen LogP contribution is 2.60. The van der Waals surface area contributed by atoms with E-state index in [1.54, 1.807) is 0 Å². The molecule has 1 atom stereocenters. The molecular weight excluding hydrogens is 416 g/mol. The molecule has 1 spiro atoms. The summed E-state index contributed by atoms with van der Waals surface area (Å²) in [6.07, 6.45) is 4.66. The molecule has 0 aliphatic carbocycles. The lowest BCUT2D eigenvalue weighted by Gasteiger charge is -2.30. The Hall–Kier alpha value is -3.08. The van der Waals surface area contributed by atoms with Crippen LogP contribution in [0.3, 0.4) is 0 Å². The first-order valence-corrected chi connectivity index (χ1v) is 12.0. The molecule has 2 bridgehead atoms. The van der Waals surface area contributed by atoms with Crippen molar-refractivity contribution in [1.29, 1.82) is 0 Å². The summed E-state index contributed by atoms with van der Waals surface area (Å²) in [6.45, 7) is 0. The van der Waals surface area contributed by atoms with Crippen molar-refractivity contribution in [3.63, 3.8) is 0 Å². The van der Waals surface area contributed by atoms with Gasteiger partial charge in [-0.05, 0) is 24.3 Å². The lowest BCUT2D eigenvalue weighted by Crippen LogP contribution is -2.46. The fraction of sp³-hybridized carbons (Fsp3) is 0.0370. The minimum Gasteiger partial charge on any atom is -0.114 e. The van der Waals surface area contributed by atoms with Gasteiger partial charge in [-0.15, -0.1) is 9.15 Å². The Morgan fingerprint density at radius 1 is 0.548 bits per heavy atom. The summed E-state index contributed by atoms with van der Waals surface area (Å²) in [6, 6.07) is 34.9. The first-order chi connectivity index (χ1) is 15.3. The molecule has 0 saturated carbocycles. The fourth-order valence-electron chi connectivity index (χ4n) is 4.67. The first kappa shape index (κ1) is 17.6. The molecule has 31 heavy (non-hydrogen) atoms. The predicted molar refractivity (Wildman–Crippen MR) is 129 cm³/mol. The van der Waals surface area contributed by atoms with Gasteiger partial charge >= 0.3 is 4.33 Å². The summed E-state index contributed by atoms with van der Waals surface area (Å²) in [4.78, 5) is 2.66. The molecule has 0 fully saturated rings. The van der Waals surface area contributed by atoms with E-state index in [9.17, 15) is 0 Å². The van der Waals surface area contributed by atoms with Gasteiger partial charge in [-0.2, -0.15) is 0 Å². The molecule has 3 aliphatic rings. The van der Waals surface area contributed by atoms with E-state index in [1.807, 2.05) is 23.5 Å². The van der Waals surface area contributed by atoms with Gasteiger partial charge in [0.2, 0.25) is 11.4 Å². The van der Waals surface area contributed by atoms with Crippen LogP contribution in [0.15, 0.2) is 107 Å². The number of hydrogen-bond acceptors (Lipinski definition) is 2. The molecule has 3 aliphatic heterocycles. The van der Waals surface area contributed by atoms with E-state index in [2.05, 4.69) is 119 Å². The highest BCUT2D eigenvalue weighted by molar-refractivity contribution is 8.17. The maximum Gasteiger partial charge on any atom is 0.470 e. The third kappa shape index (κ3) is 2.43. The highest BCUT2D eigenvalue weighted by Gasteiger charge is 2.63. The zero-order chi connectivity index (χ0) is 20.4. The van der Waals surface area contributed by atoms with E-state index < -0.39 is 0 Å². The Morgan fingerprint density at radius 2 is 1.26 bits per heavy atom. The van der Waals surface area contributed by atoms with Gasteiger partial charge in [0.05, 0.1) is 16.7 Å². The van der Waals surface area contributed by atoms with Gasteiger partial charge in [-0.1, -0.05) is 54.6 Å². The van der Waals surface area contributed by atoms with Crippen LogP contribution in [-0.4, -0.2) is 25.9 Å².